The summed E-state index contributed by atoms with van der Waals surface area (Å²) in [4.78, 5) is 27.6. The Morgan fingerprint density at radius 2 is 2.12 bits per heavy atom. The number of nitrogens with zero attached hydrogens (tertiary/aromatic N) is 2. The molecular formula is C18H22N4O2. The van der Waals surface area contributed by atoms with Gasteiger partial charge in [-0.15, -0.1) is 0 Å². The van der Waals surface area contributed by atoms with E-state index in [4.69, 9.17) is 5.73 Å². The maximum absolute atomic E-state index is 12.4. The first-order valence-corrected chi connectivity index (χ1v) is 8.24. The number of anilines is 1. The Morgan fingerprint density at radius 3 is 2.92 bits per heavy atom. The van der Waals surface area contributed by atoms with E-state index in [0.29, 0.717) is 12.2 Å². The molecule has 2 aromatic rings. The molecule has 0 unspecified atom stereocenters. The summed E-state index contributed by atoms with van der Waals surface area (Å²) in [5.41, 5.74) is 9.66. The van der Waals surface area contributed by atoms with Crippen LogP contribution >= 0.6 is 0 Å². The summed E-state index contributed by atoms with van der Waals surface area (Å²) in [6.45, 7) is 2.21. The van der Waals surface area contributed by atoms with Gasteiger partial charge in [-0.25, -0.2) is 4.98 Å². The fourth-order valence-electron chi connectivity index (χ4n) is 3.15. The number of carbonyl (C=O) groups excluding carboxylic acids is 1. The Bertz CT molecular complexity index is 826. The summed E-state index contributed by atoms with van der Waals surface area (Å²) in [7, 11) is 0. The number of primary amides is 1. The summed E-state index contributed by atoms with van der Waals surface area (Å²) in [5, 5.41) is 3.07. The molecule has 1 aliphatic carbocycles. The van der Waals surface area contributed by atoms with E-state index in [0.717, 1.165) is 12.8 Å². The summed E-state index contributed by atoms with van der Waals surface area (Å²) in [6.07, 6.45) is 5.97. The van der Waals surface area contributed by atoms with Crippen molar-refractivity contribution in [3.8, 4) is 0 Å². The number of aryl methyl sites for hydroxylation is 3. The first-order chi connectivity index (χ1) is 11.5. The van der Waals surface area contributed by atoms with E-state index in [-0.39, 0.29) is 17.9 Å². The van der Waals surface area contributed by atoms with Gasteiger partial charge in [0.25, 0.3) is 5.56 Å². The van der Waals surface area contributed by atoms with E-state index in [9.17, 15) is 9.59 Å². The van der Waals surface area contributed by atoms with Gasteiger partial charge in [0.2, 0.25) is 5.91 Å². The molecule has 1 aromatic heterocycles. The number of carbonyl (C=O) groups is 1. The van der Waals surface area contributed by atoms with E-state index < -0.39 is 5.91 Å². The second-order valence-electron chi connectivity index (χ2n) is 6.24. The van der Waals surface area contributed by atoms with Gasteiger partial charge in [0.1, 0.15) is 6.54 Å². The zero-order valence-electron chi connectivity index (χ0n) is 13.8. The SMILES string of the molecule is Cc1cnc(NCCc2ccc3c(c2)CCC3)c(=O)n1CC(N)=O. The van der Waals surface area contributed by atoms with Crippen molar-refractivity contribution in [3.63, 3.8) is 0 Å². The molecule has 1 amide bonds. The predicted octanol–water partition coefficient (Wildman–Crippen LogP) is 1.18. The van der Waals surface area contributed by atoms with Gasteiger partial charge in [-0.05, 0) is 49.3 Å². The van der Waals surface area contributed by atoms with E-state index in [1.165, 1.54) is 34.1 Å². The normalized spacial score (nSPS) is 12.9. The fourth-order valence-corrected chi connectivity index (χ4v) is 3.15. The minimum absolute atomic E-state index is 0.132. The summed E-state index contributed by atoms with van der Waals surface area (Å²) < 4.78 is 1.34. The highest BCUT2D eigenvalue weighted by molar-refractivity contribution is 5.73. The minimum atomic E-state index is -0.546. The van der Waals surface area contributed by atoms with Crippen LogP contribution in [0.5, 0.6) is 0 Å². The highest BCUT2D eigenvalue weighted by Crippen LogP contribution is 2.22. The molecule has 0 saturated carbocycles. The van der Waals surface area contributed by atoms with Crippen molar-refractivity contribution in [1.82, 2.24) is 9.55 Å². The van der Waals surface area contributed by atoms with Crippen molar-refractivity contribution in [1.29, 1.82) is 0 Å². The van der Waals surface area contributed by atoms with Gasteiger partial charge in [-0.3, -0.25) is 14.2 Å². The van der Waals surface area contributed by atoms with Crippen LogP contribution in [0.25, 0.3) is 0 Å². The lowest BCUT2D eigenvalue weighted by Crippen LogP contribution is -2.32. The molecule has 0 saturated heterocycles. The molecule has 3 N–H and O–H groups in total. The average Bonchev–Trinajstić information content (AvgIpc) is 3.01. The van der Waals surface area contributed by atoms with E-state index >= 15 is 0 Å². The van der Waals surface area contributed by atoms with E-state index in [1.54, 1.807) is 13.1 Å². The number of aromatic nitrogens is 2. The fraction of sp³-hybridized carbons (Fsp3) is 0.389. The number of fused-ring (bicyclic) bond motifs is 1. The Morgan fingerprint density at radius 1 is 1.33 bits per heavy atom. The maximum atomic E-state index is 12.4. The second-order valence-corrected chi connectivity index (χ2v) is 6.24. The van der Waals surface area contributed by atoms with Crippen LogP contribution in [0.2, 0.25) is 0 Å². The third-order valence-electron chi connectivity index (χ3n) is 4.44. The van der Waals surface area contributed by atoms with Crippen LogP contribution in [0.1, 0.15) is 28.8 Å². The Kier molecular flexibility index (Phi) is 4.64. The first-order valence-electron chi connectivity index (χ1n) is 8.24. The maximum Gasteiger partial charge on any atom is 0.293 e. The standard InChI is InChI=1S/C18H22N4O2/c1-12-10-21-17(18(24)22(12)11-16(19)23)20-8-7-13-5-6-14-3-2-4-15(14)9-13/h5-6,9-10H,2-4,7-8,11H2,1H3,(H2,19,23)(H,20,21). The molecule has 0 fully saturated rings. The number of hydrogen-bond acceptors (Lipinski definition) is 4. The molecular weight excluding hydrogens is 304 g/mol. The summed E-state index contributed by atoms with van der Waals surface area (Å²) in [6, 6.07) is 6.62. The monoisotopic (exact) mass is 326 g/mol. The molecule has 0 spiro atoms. The molecule has 1 aromatic carbocycles. The number of hydrogen-bond donors (Lipinski definition) is 2. The summed E-state index contributed by atoms with van der Waals surface area (Å²) >= 11 is 0. The van der Waals surface area contributed by atoms with Gasteiger partial charge in [0, 0.05) is 18.4 Å². The van der Waals surface area contributed by atoms with Crippen molar-refractivity contribution in [2.24, 2.45) is 5.73 Å². The molecule has 0 radical (unpaired) electrons. The third kappa shape index (κ3) is 3.48. The summed E-state index contributed by atoms with van der Waals surface area (Å²) in [5.74, 6) is -0.293. The number of amides is 1. The average molecular weight is 326 g/mol. The van der Waals surface area contributed by atoms with Crippen LogP contribution in [0.4, 0.5) is 5.82 Å². The zero-order valence-corrected chi connectivity index (χ0v) is 13.8. The molecule has 0 atom stereocenters. The van der Waals surface area contributed by atoms with Crippen molar-refractivity contribution < 1.29 is 4.79 Å². The number of nitrogens with two attached hydrogens (primary N) is 1. The molecule has 1 heterocycles. The highest BCUT2D eigenvalue weighted by Gasteiger charge is 2.12. The van der Waals surface area contributed by atoms with Crippen LogP contribution in [0.15, 0.2) is 29.2 Å². The second kappa shape index (κ2) is 6.86. The van der Waals surface area contributed by atoms with E-state index in [2.05, 4.69) is 28.5 Å². The topological polar surface area (TPSA) is 90.0 Å². The van der Waals surface area contributed by atoms with Crippen molar-refractivity contribution >= 4 is 11.7 Å². The molecule has 0 bridgehead atoms. The number of benzene rings is 1. The quantitative estimate of drug-likeness (QED) is 0.834. The van der Waals surface area contributed by atoms with Crippen LogP contribution in [0, 0.1) is 6.92 Å². The minimum Gasteiger partial charge on any atom is -0.368 e. The highest BCUT2D eigenvalue weighted by atomic mass is 16.2. The lowest BCUT2D eigenvalue weighted by molar-refractivity contribution is -0.118. The lowest BCUT2D eigenvalue weighted by Gasteiger charge is -2.11. The van der Waals surface area contributed by atoms with Crippen LogP contribution in [-0.4, -0.2) is 22.0 Å². The van der Waals surface area contributed by atoms with Gasteiger partial charge in [0.05, 0.1) is 0 Å². The number of nitrogens with one attached hydrogen (secondary N) is 1. The van der Waals surface area contributed by atoms with Gasteiger partial charge >= 0.3 is 0 Å². The van der Waals surface area contributed by atoms with Crippen LogP contribution in [-0.2, 0) is 30.6 Å². The van der Waals surface area contributed by atoms with Gasteiger partial charge < -0.3 is 11.1 Å². The van der Waals surface area contributed by atoms with Crippen molar-refractivity contribution in [2.45, 2.75) is 39.2 Å². The van der Waals surface area contributed by atoms with E-state index in [1.807, 2.05) is 0 Å². The molecule has 6 nitrogen and oxygen atoms in total. The third-order valence-corrected chi connectivity index (χ3v) is 4.44. The molecule has 0 aliphatic heterocycles. The smallest absolute Gasteiger partial charge is 0.293 e. The first kappa shape index (κ1) is 16.2. The zero-order chi connectivity index (χ0) is 17.1. The van der Waals surface area contributed by atoms with Gasteiger partial charge in [-0.1, -0.05) is 18.2 Å². The predicted molar refractivity (Wildman–Crippen MR) is 93.1 cm³/mol. The van der Waals surface area contributed by atoms with Crippen molar-refractivity contribution in [2.75, 3.05) is 11.9 Å². The largest absolute Gasteiger partial charge is 0.368 e. The molecule has 1 aliphatic rings. The van der Waals surface area contributed by atoms with Gasteiger partial charge in [-0.2, -0.15) is 0 Å². The van der Waals surface area contributed by atoms with Crippen molar-refractivity contribution in [3.05, 3.63) is 57.1 Å². The lowest BCUT2D eigenvalue weighted by atomic mass is 10.0. The number of rotatable bonds is 6. The molecule has 126 valence electrons. The van der Waals surface area contributed by atoms with Crippen LogP contribution < -0.4 is 16.6 Å². The van der Waals surface area contributed by atoms with Gasteiger partial charge in [0.15, 0.2) is 5.82 Å². The Hall–Kier alpha value is -2.63. The molecule has 3 rings (SSSR count). The van der Waals surface area contributed by atoms with Crippen LogP contribution in [0.3, 0.4) is 0 Å². The molecule has 24 heavy (non-hydrogen) atoms. The Balaban J connectivity index is 1.66. The molecule has 6 heteroatoms. The Labute approximate surface area is 140 Å².